The normalized spacial score (nSPS) is 25.9. The Morgan fingerprint density at radius 2 is 2.62 bits per heavy atom. The van der Waals surface area contributed by atoms with Crippen molar-refractivity contribution in [2.45, 2.75) is 12.2 Å². The van der Waals surface area contributed by atoms with Crippen LogP contribution >= 0.6 is 11.8 Å². The van der Waals surface area contributed by atoms with Crippen LogP contribution in [0.5, 0.6) is 0 Å². The number of nitrogens with zero attached hydrogens (tertiary/aromatic N) is 2. The summed E-state index contributed by atoms with van der Waals surface area (Å²) >= 11 is 1.66. The van der Waals surface area contributed by atoms with Gasteiger partial charge in [-0.3, -0.25) is 0 Å². The second-order valence-corrected chi connectivity index (χ2v) is 2.70. The third kappa shape index (κ3) is 1.52. The van der Waals surface area contributed by atoms with Crippen LogP contribution in [0.2, 0.25) is 0 Å². The first kappa shape index (κ1) is 5.60. The lowest BCUT2D eigenvalue weighted by molar-refractivity contribution is 1.23. The topological polar surface area (TPSA) is 24.7 Å². The summed E-state index contributed by atoms with van der Waals surface area (Å²) in [5.74, 6) is 2.64. The van der Waals surface area contributed by atoms with Crippen LogP contribution in [0.15, 0.2) is 15.6 Å². The van der Waals surface area contributed by atoms with Gasteiger partial charge in [0, 0.05) is 22.7 Å². The molecule has 1 atom stereocenters. The van der Waals surface area contributed by atoms with Gasteiger partial charge in [0.25, 0.3) is 0 Å². The molecule has 0 bridgehead atoms. The molecule has 1 aliphatic rings. The smallest absolute Gasteiger partial charge is 0.0439 e. The lowest BCUT2D eigenvalue weighted by Crippen LogP contribution is -1.92. The summed E-state index contributed by atoms with van der Waals surface area (Å²) in [5, 5.41) is 9.51. The summed E-state index contributed by atoms with van der Waals surface area (Å²) < 4.78 is 0. The van der Waals surface area contributed by atoms with Crippen molar-refractivity contribution >= 4 is 23.8 Å². The van der Waals surface area contributed by atoms with Crippen LogP contribution in [-0.2, 0) is 0 Å². The Morgan fingerprint density at radius 3 is 3.50 bits per heavy atom. The summed E-state index contributed by atoms with van der Waals surface area (Å²) in [6.45, 7) is 2.06. The fraction of sp³-hybridized carbons (Fsp3) is 0.400. The predicted molar refractivity (Wildman–Crippen MR) is 37.6 cm³/mol. The van der Waals surface area contributed by atoms with E-state index in [1.165, 1.54) is 0 Å². The van der Waals surface area contributed by atoms with Crippen molar-refractivity contribution in [3.05, 3.63) is 5.41 Å². The van der Waals surface area contributed by atoms with Crippen molar-refractivity contribution in [2.75, 3.05) is 0 Å². The van der Waals surface area contributed by atoms with E-state index in [-0.39, 0.29) is 0 Å². The molecular formula is C5H6N2S. The second kappa shape index (κ2) is 2.70. The standard InChI is InChI=1S/C5H6N2S/c1-5-4-7-6-2-3-8-5/h3-5H,1H3/t5-/m1/s1. The third-order valence-electron chi connectivity index (χ3n) is 0.727. The Morgan fingerprint density at radius 1 is 1.75 bits per heavy atom. The predicted octanol–water partition coefficient (Wildman–Crippen LogP) is 1.29. The summed E-state index contributed by atoms with van der Waals surface area (Å²) in [4.78, 5) is 0. The van der Waals surface area contributed by atoms with Gasteiger partial charge in [0.15, 0.2) is 0 Å². The highest BCUT2D eigenvalue weighted by Gasteiger charge is 1.94. The minimum absolute atomic E-state index is 0.439. The molecule has 0 N–H and O–H groups in total. The molecule has 0 saturated heterocycles. The molecule has 0 saturated carbocycles. The minimum Gasteiger partial charge on any atom is -0.154 e. The first-order valence-electron chi connectivity index (χ1n) is 2.35. The fourth-order valence-corrected chi connectivity index (χ4v) is 0.804. The van der Waals surface area contributed by atoms with E-state index in [0.29, 0.717) is 5.25 Å². The first-order valence-corrected chi connectivity index (χ1v) is 3.30. The second-order valence-electron chi connectivity index (χ2n) is 1.45. The highest BCUT2D eigenvalue weighted by molar-refractivity contribution is 8.03. The molecule has 1 aliphatic heterocycles. The first-order chi connectivity index (χ1) is 3.89. The highest BCUT2D eigenvalue weighted by atomic mass is 32.2. The molecule has 1 heterocycles. The quantitative estimate of drug-likeness (QED) is 0.480. The van der Waals surface area contributed by atoms with Gasteiger partial charge >= 0.3 is 0 Å². The molecule has 0 radical (unpaired) electrons. The van der Waals surface area contributed by atoms with E-state index in [4.69, 9.17) is 0 Å². The number of thioether (sulfide) groups is 1. The Balaban J connectivity index is 2.66. The Kier molecular flexibility index (Phi) is 1.89. The molecule has 42 valence electrons. The molecule has 0 amide bonds. The lowest BCUT2D eigenvalue weighted by Gasteiger charge is -1.92. The average molecular weight is 126 g/mol. The van der Waals surface area contributed by atoms with Gasteiger partial charge in [-0.1, -0.05) is 0 Å². The van der Waals surface area contributed by atoms with Gasteiger partial charge in [0.2, 0.25) is 0 Å². The zero-order valence-corrected chi connectivity index (χ0v) is 5.35. The molecule has 0 fully saturated rings. The van der Waals surface area contributed by atoms with Gasteiger partial charge in [-0.15, -0.1) is 16.9 Å². The van der Waals surface area contributed by atoms with E-state index in [1.807, 2.05) is 5.41 Å². The van der Waals surface area contributed by atoms with Gasteiger partial charge in [-0.05, 0) is 6.92 Å². The van der Waals surface area contributed by atoms with Gasteiger partial charge in [-0.25, -0.2) is 0 Å². The van der Waals surface area contributed by atoms with E-state index in [0.717, 1.165) is 0 Å². The largest absolute Gasteiger partial charge is 0.154 e. The fourth-order valence-electron chi connectivity index (χ4n) is 0.357. The lowest BCUT2D eigenvalue weighted by atomic mass is 10.5. The third-order valence-corrected chi connectivity index (χ3v) is 1.52. The summed E-state index contributed by atoms with van der Waals surface area (Å²) in [6, 6.07) is 0. The van der Waals surface area contributed by atoms with Crippen LogP contribution in [0.1, 0.15) is 6.92 Å². The van der Waals surface area contributed by atoms with Crippen molar-refractivity contribution < 1.29 is 0 Å². The summed E-state index contributed by atoms with van der Waals surface area (Å²) in [6.07, 6.45) is 1.79. The summed E-state index contributed by atoms with van der Waals surface area (Å²) in [7, 11) is 0. The number of hydrogen-bond donors (Lipinski definition) is 0. The van der Waals surface area contributed by atoms with Gasteiger partial charge in [0.1, 0.15) is 0 Å². The van der Waals surface area contributed by atoms with Crippen molar-refractivity contribution in [1.82, 2.24) is 0 Å². The van der Waals surface area contributed by atoms with Crippen LogP contribution in [0.4, 0.5) is 0 Å². The van der Waals surface area contributed by atoms with Crippen LogP contribution in [0.25, 0.3) is 0 Å². The maximum Gasteiger partial charge on any atom is 0.0439 e. The number of rotatable bonds is 0. The van der Waals surface area contributed by atoms with Gasteiger partial charge in [-0.2, -0.15) is 5.10 Å². The maximum atomic E-state index is 3.69. The summed E-state index contributed by atoms with van der Waals surface area (Å²) in [5.41, 5.74) is 0. The molecule has 3 heteroatoms. The maximum absolute atomic E-state index is 3.69. The Hall–Kier alpha value is -0.530. The van der Waals surface area contributed by atoms with E-state index < -0.39 is 0 Å². The Bertz CT molecular complexity index is 156. The monoisotopic (exact) mass is 126 g/mol. The van der Waals surface area contributed by atoms with Crippen molar-refractivity contribution in [2.24, 2.45) is 10.2 Å². The molecule has 2 nitrogen and oxygen atoms in total. The minimum atomic E-state index is 0.439. The molecule has 0 aromatic heterocycles. The van der Waals surface area contributed by atoms with Crippen molar-refractivity contribution in [3.63, 3.8) is 0 Å². The zero-order chi connectivity index (χ0) is 5.82. The molecule has 0 aliphatic carbocycles. The van der Waals surface area contributed by atoms with Crippen LogP contribution in [0.3, 0.4) is 0 Å². The van der Waals surface area contributed by atoms with Crippen molar-refractivity contribution in [3.8, 4) is 0 Å². The molecule has 8 heavy (non-hydrogen) atoms. The molecular weight excluding hydrogens is 120 g/mol. The van der Waals surface area contributed by atoms with Gasteiger partial charge in [0.05, 0.1) is 0 Å². The molecule has 0 spiro atoms. The van der Waals surface area contributed by atoms with Crippen molar-refractivity contribution in [1.29, 1.82) is 0 Å². The van der Waals surface area contributed by atoms with E-state index in [9.17, 15) is 0 Å². The molecule has 0 unspecified atom stereocenters. The van der Waals surface area contributed by atoms with E-state index >= 15 is 0 Å². The average Bonchev–Trinajstić information content (AvgIpc) is 1.94. The molecule has 1 rings (SSSR count). The van der Waals surface area contributed by atoms with Crippen LogP contribution < -0.4 is 0 Å². The SMILES string of the molecule is C[C@@H]1C=NN=C=CS1. The molecule has 0 aromatic rings. The van der Waals surface area contributed by atoms with Gasteiger partial charge < -0.3 is 0 Å². The highest BCUT2D eigenvalue weighted by Crippen LogP contribution is 2.08. The van der Waals surface area contributed by atoms with E-state index in [1.54, 1.807) is 18.0 Å². The molecule has 0 aromatic carbocycles. The van der Waals surface area contributed by atoms with Crippen LogP contribution in [0, 0.1) is 0 Å². The van der Waals surface area contributed by atoms with E-state index in [2.05, 4.69) is 23.0 Å². The zero-order valence-electron chi connectivity index (χ0n) is 4.53. The Labute approximate surface area is 52.4 Å². The van der Waals surface area contributed by atoms with Crippen LogP contribution in [-0.4, -0.2) is 17.3 Å². The number of hydrogen-bond acceptors (Lipinski definition) is 3.